The molecular weight excluding hydrogens is 176 g/mol. The average Bonchev–Trinajstić information content (AvgIpc) is 2.23. The Bertz CT molecular complexity index is 365. The molecule has 1 aromatic rings. The zero-order valence-electron chi connectivity index (χ0n) is 8.10. The number of nitrogens with zero attached hydrogens (tertiary/aromatic N) is 2. The van der Waals surface area contributed by atoms with Gasteiger partial charge in [0.2, 0.25) is 5.90 Å². The molecule has 3 nitrogen and oxygen atoms in total. The summed E-state index contributed by atoms with van der Waals surface area (Å²) in [6, 6.07) is 7.88. The van der Waals surface area contributed by atoms with Crippen molar-refractivity contribution >= 4 is 12.1 Å². The molecule has 0 N–H and O–H groups in total. The molecule has 0 amide bonds. The smallest absolute Gasteiger partial charge is 0.232 e. The fraction of sp³-hybridized carbons (Fsp3) is 0.273. The molecule has 1 aromatic carbocycles. The van der Waals surface area contributed by atoms with Gasteiger partial charge in [-0.25, -0.2) is 4.99 Å². The fourth-order valence-corrected chi connectivity index (χ4v) is 1.19. The molecule has 1 aliphatic rings. The van der Waals surface area contributed by atoms with Gasteiger partial charge in [0.05, 0.1) is 19.3 Å². The summed E-state index contributed by atoms with van der Waals surface area (Å²) in [5, 5.41) is 0. The van der Waals surface area contributed by atoms with Gasteiger partial charge in [0.15, 0.2) is 0 Å². The lowest BCUT2D eigenvalue weighted by atomic mass is 10.2. The second kappa shape index (κ2) is 4.05. The van der Waals surface area contributed by atoms with Gasteiger partial charge in [0.1, 0.15) is 5.75 Å². The standard InChI is InChI=1S/C11H12N2O/c1-9-2-4-10(5-3-9)14-11-8-12-6-7-13-11/h2-5,8H,6-7H2,1H3. The number of aliphatic imine (C=N–C) groups is 2. The normalized spacial score (nSPS) is 15.1. The average molecular weight is 188 g/mol. The van der Waals surface area contributed by atoms with Crippen molar-refractivity contribution in [3.63, 3.8) is 0 Å². The van der Waals surface area contributed by atoms with Crippen LogP contribution < -0.4 is 4.74 Å². The molecule has 0 unspecified atom stereocenters. The molecule has 3 heteroatoms. The predicted molar refractivity (Wildman–Crippen MR) is 57.5 cm³/mol. The minimum atomic E-state index is 0.597. The summed E-state index contributed by atoms with van der Waals surface area (Å²) in [5.41, 5.74) is 1.22. The Morgan fingerprint density at radius 2 is 1.93 bits per heavy atom. The van der Waals surface area contributed by atoms with Gasteiger partial charge in [0, 0.05) is 0 Å². The van der Waals surface area contributed by atoms with Crippen molar-refractivity contribution in [1.29, 1.82) is 0 Å². The summed E-state index contributed by atoms with van der Waals surface area (Å²) in [5.74, 6) is 1.41. The van der Waals surface area contributed by atoms with Crippen molar-refractivity contribution in [2.75, 3.05) is 13.1 Å². The molecule has 0 spiro atoms. The monoisotopic (exact) mass is 188 g/mol. The van der Waals surface area contributed by atoms with Crippen molar-refractivity contribution in [3.8, 4) is 5.75 Å². The van der Waals surface area contributed by atoms with E-state index in [9.17, 15) is 0 Å². The third kappa shape index (κ3) is 2.19. The molecule has 1 aliphatic heterocycles. The zero-order valence-corrected chi connectivity index (χ0v) is 8.10. The van der Waals surface area contributed by atoms with Gasteiger partial charge in [-0.2, -0.15) is 0 Å². The van der Waals surface area contributed by atoms with Crippen LogP contribution >= 0.6 is 0 Å². The van der Waals surface area contributed by atoms with E-state index in [0.717, 1.165) is 18.8 Å². The Labute approximate surface area is 83.2 Å². The summed E-state index contributed by atoms with van der Waals surface area (Å²) in [6.45, 7) is 3.53. The van der Waals surface area contributed by atoms with Crippen LogP contribution in [0.5, 0.6) is 5.75 Å². The third-order valence-electron chi connectivity index (χ3n) is 1.94. The summed E-state index contributed by atoms with van der Waals surface area (Å²) in [7, 11) is 0. The number of rotatable bonds is 1. The minimum absolute atomic E-state index is 0.597. The fourth-order valence-electron chi connectivity index (χ4n) is 1.19. The van der Waals surface area contributed by atoms with E-state index >= 15 is 0 Å². The number of benzene rings is 1. The Morgan fingerprint density at radius 1 is 1.14 bits per heavy atom. The Hall–Kier alpha value is -1.64. The Morgan fingerprint density at radius 3 is 2.57 bits per heavy atom. The lowest BCUT2D eigenvalue weighted by molar-refractivity contribution is 0.555. The van der Waals surface area contributed by atoms with E-state index < -0.39 is 0 Å². The maximum Gasteiger partial charge on any atom is 0.232 e. The lowest BCUT2D eigenvalue weighted by Gasteiger charge is -2.07. The maximum atomic E-state index is 5.51. The molecule has 0 aliphatic carbocycles. The largest absolute Gasteiger partial charge is 0.438 e. The van der Waals surface area contributed by atoms with E-state index in [4.69, 9.17) is 4.74 Å². The molecule has 0 saturated heterocycles. The van der Waals surface area contributed by atoms with Crippen LogP contribution in [0.25, 0.3) is 0 Å². The van der Waals surface area contributed by atoms with Gasteiger partial charge in [-0.15, -0.1) is 0 Å². The van der Waals surface area contributed by atoms with Crippen LogP contribution in [-0.4, -0.2) is 25.2 Å². The summed E-state index contributed by atoms with van der Waals surface area (Å²) in [4.78, 5) is 8.28. The number of ether oxygens (including phenoxy) is 1. The van der Waals surface area contributed by atoms with Gasteiger partial charge < -0.3 is 4.74 Å². The molecule has 0 aromatic heterocycles. The molecule has 0 radical (unpaired) electrons. The summed E-state index contributed by atoms with van der Waals surface area (Å²) in [6.07, 6.45) is 1.67. The van der Waals surface area contributed by atoms with E-state index in [0.29, 0.717) is 5.90 Å². The minimum Gasteiger partial charge on any atom is -0.438 e. The molecule has 1 heterocycles. The van der Waals surface area contributed by atoms with Crippen LogP contribution in [0, 0.1) is 6.92 Å². The van der Waals surface area contributed by atoms with Crippen LogP contribution in [0.3, 0.4) is 0 Å². The summed E-state index contributed by atoms with van der Waals surface area (Å²) >= 11 is 0. The molecule has 72 valence electrons. The molecule has 0 fully saturated rings. The summed E-state index contributed by atoms with van der Waals surface area (Å²) < 4.78 is 5.51. The van der Waals surface area contributed by atoms with Gasteiger partial charge in [-0.05, 0) is 19.1 Å². The van der Waals surface area contributed by atoms with Crippen molar-refractivity contribution < 1.29 is 4.74 Å². The highest BCUT2D eigenvalue weighted by atomic mass is 16.5. The molecule has 0 saturated carbocycles. The predicted octanol–water partition coefficient (Wildman–Crippen LogP) is 1.86. The number of hydrogen-bond acceptors (Lipinski definition) is 3. The van der Waals surface area contributed by atoms with E-state index in [1.165, 1.54) is 5.56 Å². The third-order valence-corrected chi connectivity index (χ3v) is 1.94. The van der Waals surface area contributed by atoms with Crippen molar-refractivity contribution in [3.05, 3.63) is 29.8 Å². The first-order valence-corrected chi connectivity index (χ1v) is 4.63. The highest BCUT2D eigenvalue weighted by molar-refractivity contribution is 6.27. The second-order valence-electron chi connectivity index (χ2n) is 3.17. The first-order chi connectivity index (χ1) is 6.84. The Kier molecular flexibility index (Phi) is 2.58. The lowest BCUT2D eigenvalue weighted by Crippen LogP contribution is -2.15. The number of hydrogen-bond donors (Lipinski definition) is 0. The van der Waals surface area contributed by atoms with Crippen LogP contribution in [0.1, 0.15) is 5.56 Å². The van der Waals surface area contributed by atoms with Gasteiger partial charge in [-0.1, -0.05) is 17.7 Å². The van der Waals surface area contributed by atoms with Gasteiger partial charge in [-0.3, -0.25) is 4.99 Å². The highest BCUT2D eigenvalue weighted by Gasteiger charge is 2.01. The first kappa shape index (κ1) is 8.94. The molecule has 0 bridgehead atoms. The second-order valence-corrected chi connectivity index (χ2v) is 3.17. The number of aryl methyl sites for hydroxylation is 1. The molecule has 2 rings (SSSR count). The van der Waals surface area contributed by atoms with E-state index in [-0.39, 0.29) is 0 Å². The maximum absolute atomic E-state index is 5.51. The van der Waals surface area contributed by atoms with Crippen molar-refractivity contribution in [2.24, 2.45) is 9.98 Å². The van der Waals surface area contributed by atoms with Gasteiger partial charge in [0.25, 0.3) is 0 Å². The first-order valence-electron chi connectivity index (χ1n) is 4.63. The van der Waals surface area contributed by atoms with Crippen LogP contribution in [0.2, 0.25) is 0 Å². The van der Waals surface area contributed by atoms with E-state index in [1.807, 2.05) is 31.2 Å². The van der Waals surface area contributed by atoms with Crippen molar-refractivity contribution in [1.82, 2.24) is 0 Å². The van der Waals surface area contributed by atoms with Crippen LogP contribution in [0.4, 0.5) is 0 Å². The molecule has 14 heavy (non-hydrogen) atoms. The quantitative estimate of drug-likeness (QED) is 0.662. The SMILES string of the molecule is Cc1ccc(OC2=NCCN=C2)cc1. The van der Waals surface area contributed by atoms with E-state index in [2.05, 4.69) is 9.98 Å². The topological polar surface area (TPSA) is 34.0 Å². The van der Waals surface area contributed by atoms with Crippen molar-refractivity contribution in [2.45, 2.75) is 6.92 Å². The molecule has 0 atom stereocenters. The van der Waals surface area contributed by atoms with Gasteiger partial charge >= 0.3 is 0 Å². The zero-order chi connectivity index (χ0) is 9.80. The molecular formula is C11H12N2O. The highest BCUT2D eigenvalue weighted by Crippen LogP contribution is 2.11. The Balaban J connectivity index is 2.07. The van der Waals surface area contributed by atoms with E-state index in [1.54, 1.807) is 6.21 Å². The van der Waals surface area contributed by atoms with Crippen LogP contribution in [-0.2, 0) is 0 Å². The van der Waals surface area contributed by atoms with Crippen LogP contribution in [0.15, 0.2) is 34.3 Å².